The van der Waals surface area contributed by atoms with Gasteiger partial charge in [-0.2, -0.15) is 0 Å². The SMILES string of the molecule is CCOC1[CH]c2ccccc2NC1. The molecule has 69 valence electrons. The number of anilines is 1. The fourth-order valence-corrected chi connectivity index (χ4v) is 1.59. The first-order valence-corrected chi connectivity index (χ1v) is 4.69. The Bertz CT molecular complexity index is 285. The molecule has 0 amide bonds. The molecule has 1 aromatic rings. The van der Waals surface area contributed by atoms with Gasteiger partial charge in [-0.1, -0.05) is 18.2 Å². The van der Waals surface area contributed by atoms with Crippen LogP contribution in [0.4, 0.5) is 5.69 Å². The first-order chi connectivity index (χ1) is 6.40. The molecule has 1 aromatic carbocycles. The van der Waals surface area contributed by atoms with Crippen molar-refractivity contribution >= 4 is 5.69 Å². The summed E-state index contributed by atoms with van der Waals surface area (Å²) in [5.74, 6) is 0. The number of rotatable bonds is 2. The smallest absolute Gasteiger partial charge is 0.0823 e. The summed E-state index contributed by atoms with van der Waals surface area (Å²) in [6.45, 7) is 3.67. The van der Waals surface area contributed by atoms with Gasteiger partial charge < -0.3 is 10.1 Å². The van der Waals surface area contributed by atoms with E-state index >= 15 is 0 Å². The van der Waals surface area contributed by atoms with Crippen LogP contribution in [0.25, 0.3) is 0 Å². The second kappa shape index (κ2) is 3.79. The maximum atomic E-state index is 5.52. The molecule has 0 bridgehead atoms. The summed E-state index contributed by atoms with van der Waals surface area (Å²) < 4.78 is 5.52. The van der Waals surface area contributed by atoms with Gasteiger partial charge in [0.25, 0.3) is 0 Å². The molecule has 2 rings (SSSR count). The van der Waals surface area contributed by atoms with Gasteiger partial charge in [-0.05, 0) is 18.6 Å². The predicted molar refractivity (Wildman–Crippen MR) is 53.7 cm³/mol. The van der Waals surface area contributed by atoms with Crippen LogP contribution in [-0.4, -0.2) is 19.3 Å². The molecule has 1 radical (unpaired) electrons. The Balaban J connectivity index is 2.11. The topological polar surface area (TPSA) is 21.3 Å². The van der Waals surface area contributed by atoms with Crippen LogP contribution in [-0.2, 0) is 4.74 Å². The van der Waals surface area contributed by atoms with Gasteiger partial charge >= 0.3 is 0 Å². The van der Waals surface area contributed by atoms with Crippen molar-refractivity contribution in [2.24, 2.45) is 0 Å². The molecular weight excluding hydrogens is 162 g/mol. The third-order valence-corrected chi connectivity index (χ3v) is 2.20. The normalized spacial score (nSPS) is 20.5. The summed E-state index contributed by atoms with van der Waals surface area (Å²) >= 11 is 0. The molecule has 1 unspecified atom stereocenters. The van der Waals surface area contributed by atoms with Crippen LogP contribution in [0.15, 0.2) is 24.3 Å². The molecule has 1 aliphatic heterocycles. The minimum absolute atomic E-state index is 0.222. The second-order valence-electron chi connectivity index (χ2n) is 3.13. The van der Waals surface area contributed by atoms with Crippen molar-refractivity contribution in [3.8, 4) is 0 Å². The van der Waals surface area contributed by atoms with Crippen LogP contribution >= 0.6 is 0 Å². The molecule has 0 aliphatic carbocycles. The van der Waals surface area contributed by atoms with Crippen molar-refractivity contribution in [1.82, 2.24) is 0 Å². The Kier molecular flexibility index (Phi) is 2.50. The maximum absolute atomic E-state index is 5.52. The first kappa shape index (κ1) is 8.57. The standard InChI is InChI=1S/C11H14NO/c1-2-13-10-7-9-5-3-4-6-11(9)12-8-10/h3-7,10,12H,2,8H2,1H3. The van der Waals surface area contributed by atoms with Crippen molar-refractivity contribution in [2.75, 3.05) is 18.5 Å². The van der Waals surface area contributed by atoms with Gasteiger partial charge in [0, 0.05) is 25.3 Å². The van der Waals surface area contributed by atoms with Crippen molar-refractivity contribution in [3.63, 3.8) is 0 Å². The summed E-state index contributed by atoms with van der Waals surface area (Å²) in [7, 11) is 0. The highest BCUT2D eigenvalue weighted by Gasteiger charge is 2.17. The number of para-hydroxylation sites is 1. The highest BCUT2D eigenvalue weighted by atomic mass is 16.5. The number of benzene rings is 1. The van der Waals surface area contributed by atoms with Crippen LogP contribution in [0.5, 0.6) is 0 Å². The average Bonchev–Trinajstić information content (AvgIpc) is 2.18. The fourth-order valence-electron chi connectivity index (χ4n) is 1.59. The first-order valence-electron chi connectivity index (χ1n) is 4.69. The molecule has 1 aliphatic rings. The van der Waals surface area contributed by atoms with E-state index in [9.17, 15) is 0 Å². The molecule has 2 nitrogen and oxygen atoms in total. The third-order valence-electron chi connectivity index (χ3n) is 2.20. The molecule has 1 N–H and O–H groups in total. The van der Waals surface area contributed by atoms with Crippen molar-refractivity contribution in [3.05, 3.63) is 36.2 Å². The van der Waals surface area contributed by atoms with E-state index in [-0.39, 0.29) is 6.10 Å². The van der Waals surface area contributed by atoms with E-state index in [1.807, 2.05) is 19.1 Å². The summed E-state index contributed by atoms with van der Waals surface area (Å²) in [4.78, 5) is 0. The van der Waals surface area contributed by atoms with Crippen LogP contribution in [0.1, 0.15) is 12.5 Å². The van der Waals surface area contributed by atoms with Gasteiger partial charge in [-0.25, -0.2) is 0 Å². The quantitative estimate of drug-likeness (QED) is 0.744. The van der Waals surface area contributed by atoms with Crippen molar-refractivity contribution < 1.29 is 4.74 Å². The number of ether oxygens (including phenoxy) is 1. The van der Waals surface area contributed by atoms with Gasteiger partial charge in [0.15, 0.2) is 0 Å². The zero-order valence-corrected chi connectivity index (χ0v) is 7.79. The van der Waals surface area contributed by atoms with E-state index in [4.69, 9.17) is 4.74 Å². The third kappa shape index (κ3) is 1.83. The molecule has 0 saturated heterocycles. The number of hydrogen-bond donors (Lipinski definition) is 1. The van der Waals surface area contributed by atoms with Crippen LogP contribution in [0.2, 0.25) is 0 Å². The Hall–Kier alpha value is -1.02. The predicted octanol–water partition coefficient (Wildman–Crippen LogP) is 2.07. The molecule has 1 atom stereocenters. The largest absolute Gasteiger partial charge is 0.382 e. The van der Waals surface area contributed by atoms with E-state index in [0.29, 0.717) is 0 Å². The lowest BCUT2D eigenvalue weighted by Gasteiger charge is -2.25. The summed E-state index contributed by atoms with van der Waals surface area (Å²) in [5.41, 5.74) is 2.45. The van der Waals surface area contributed by atoms with Gasteiger partial charge in [0.1, 0.15) is 0 Å². The number of nitrogens with one attached hydrogen (secondary N) is 1. The summed E-state index contributed by atoms with van der Waals surface area (Å²) in [6.07, 6.45) is 2.40. The highest BCUT2D eigenvalue weighted by Crippen LogP contribution is 2.23. The van der Waals surface area contributed by atoms with Crippen LogP contribution in [0.3, 0.4) is 0 Å². The zero-order chi connectivity index (χ0) is 9.10. The lowest BCUT2D eigenvalue weighted by Crippen LogP contribution is -2.28. The van der Waals surface area contributed by atoms with Crippen molar-refractivity contribution in [1.29, 1.82) is 0 Å². The molecule has 2 heteroatoms. The zero-order valence-electron chi connectivity index (χ0n) is 7.79. The second-order valence-corrected chi connectivity index (χ2v) is 3.13. The Morgan fingerprint density at radius 2 is 2.31 bits per heavy atom. The van der Waals surface area contributed by atoms with Gasteiger partial charge in [0.05, 0.1) is 6.10 Å². The highest BCUT2D eigenvalue weighted by molar-refractivity contribution is 5.57. The molecule has 1 heterocycles. The average molecular weight is 176 g/mol. The molecule has 0 aromatic heterocycles. The van der Waals surface area contributed by atoms with Crippen molar-refractivity contribution in [2.45, 2.75) is 13.0 Å². The lowest BCUT2D eigenvalue weighted by atomic mass is 10.0. The van der Waals surface area contributed by atoms with Gasteiger partial charge in [-0.3, -0.25) is 0 Å². The summed E-state index contributed by atoms with van der Waals surface area (Å²) in [5, 5.41) is 3.34. The Labute approximate surface area is 78.9 Å². The van der Waals surface area contributed by atoms with Gasteiger partial charge in [-0.15, -0.1) is 0 Å². The molecule has 0 saturated carbocycles. The van der Waals surface area contributed by atoms with Crippen LogP contribution < -0.4 is 5.32 Å². The minimum Gasteiger partial charge on any atom is -0.382 e. The molecule has 0 spiro atoms. The van der Waals surface area contributed by atoms with Gasteiger partial charge in [0.2, 0.25) is 0 Å². The van der Waals surface area contributed by atoms with E-state index in [1.165, 1.54) is 11.3 Å². The van der Waals surface area contributed by atoms with E-state index in [2.05, 4.69) is 23.9 Å². The minimum atomic E-state index is 0.222. The molecule has 0 fully saturated rings. The van der Waals surface area contributed by atoms with E-state index in [1.54, 1.807) is 0 Å². The van der Waals surface area contributed by atoms with Crippen LogP contribution in [0, 0.1) is 6.42 Å². The summed E-state index contributed by atoms with van der Waals surface area (Å²) in [6, 6.07) is 8.29. The van der Waals surface area contributed by atoms with E-state index < -0.39 is 0 Å². The maximum Gasteiger partial charge on any atom is 0.0823 e. The monoisotopic (exact) mass is 176 g/mol. The number of hydrogen-bond acceptors (Lipinski definition) is 2. The Morgan fingerprint density at radius 1 is 1.46 bits per heavy atom. The molecular formula is C11H14NO. The lowest BCUT2D eigenvalue weighted by molar-refractivity contribution is 0.0949. The van der Waals surface area contributed by atoms with E-state index in [0.717, 1.165) is 13.2 Å². The fraction of sp³-hybridized carbons (Fsp3) is 0.364. The number of fused-ring (bicyclic) bond motifs is 1. The Morgan fingerprint density at radius 3 is 3.15 bits per heavy atom. The molecule has 13 heavy (non-hydrogen) atoms.